The van der Waals surface area contributed by atoms with E-state index >= 15 is 0 Å². The zero-order chi connectivity index (χ0) is 18.4. The van der Waals surface area contributed by atoms with Gasteiger partial charge >= 0.3 is 0 Å². The summed E-state index contributed by atoms with van der Waals surface area (Å²) in [6.07, 6.45) is 2.09. The second kappa shape index (κ2) is 8.81. The first-order chi connectivity index (χ1) is 11.9. The van der Waals surface area contributed by atoms with Gasteiger partial charge in [0.05, 0.1) is 4.88 Å². The molecule has 0 saturated heterocycles. The second-order valence-electron chi connectivity index (χ2n) is 6.47. The van der Waals surface area contributed by atoms with Gasteiger partial charge in [-0.3, -0.25) is 9.59 Å². The zero-order valence-electron chi connectivity index (χ0n) is 15.3. The van der Waals surface area contributed by atoms with E-state index < -0.39 is 0 Å². The lowest BCUT2D eigenvalue weighted by atomic mass is 10.1. The summed E-state index contributed by atoms with van der Waals surface area (Å²) in [6, 6.07) is 9.55. The molecule has 2 rings (SSSR count). The van der Waals surface area contributed by atoms with Crippen LogP contribution in [0.15, 0.2) is 30.3 Å². The van der Waals surface area contributed by atoms with Gasteiger partial charge in [-0.25, -0.2) is 0 Å². The van der Waals surface area contributed by atoms with Crippen LogP contribution < -0.4 is 10.6 Å². The first-order valence-corrected chi connectivity index (χ1v) is 9.49. The van der Waals surface area contributed by atoms with Crippen LogP contribution in [0, 0.1) is 12.8 Å². The van der Waals surface area contributed by atoms with Crippen LogP contribution in [0.1, 0.15) is 52.9 Å². The number of thiophene rings is 1. The van der Waals surface area contributed by atoms with Gasteiger partial charge in [0, 0.05) is 23.0 Å². The van der Waals surface area contributed by atoms with Crippen molar-refractivity contribution in [1.82, 2.24) is 5.32 Å². The van der Waals surface area contributed by atoms with Crippen LogP contribution in [0.4, 0.5) is 5.69 Å². The molecule has 0 aliphatic carbocycles. The molecule has 0 saturated carbocycles. The van der Waals surface area contributed by atoms with Gasteiger partial charge in [-0.2, -0.15) is 0 Å². The monoisotopic (exact) mass is 358 g/mol. The molecular weight excluding hydrogens is 332 g/mol. The highest BCUT2D eigenvalue weighted by Crippen LogP contribution is 2.23. The fourth-order valence-electron chi connectivity index (χ4n) is 2.41. The van der Waals surface area contributed by atoms with Gasteiger partial charge in [-0.05, 0) is 42.7 Å². The lowest BCUT2D eigenvalue weighted by molar-refractivity contribution is -0.118. The summed E-state index contributed by atoms with van der Waals surface area (Å²) >= 11 is 1.55. The summed E-state index contributed by atoms with van der Waals surface area (Å²) in [7, 11) is 0. The molecular formula is C20H26N2O2S. The van der Waals surface area contributed by atoms with Crippen molar-refractivity contribution in [2.45, 2.75) is 47.1 Å². The number of carbonyl (C=O) groups is 2. The molecule has 0 atom stereocenters. The second-order valence-corrected chi connectivity index (χ2v) is 7.72. The maximum atomic E-state index is 12.3. The Morgan fingerprint density at radius 2 is 1.84 bits per heavy atom. The third kappa shape index (κ3) is 5.43. The van der Waals surface area contributed by atoms with Gasteiger partial charge in [0.2, 0.25) is 5.91 Å². The third-order valence-electron chi connectivity index (χ3n) is 3.96. The molecule has 0 aliphatic heterocycles. The van der Waals surface area contributed by atoms with E-state index in [1.807, 2.05) is 44.2 Å². The van der Waals surface area contributed by atoms with Crippen molar-refractivity contribution >= 4 is 28.8 Å². The fraction of sp³-hybridized carbons (Fsp3) is 0.400. The molecule has 4 nitrogen and oxygen atoms in total. The Kier molecular flexibility index (Phi) is 6.76. The molecule has 0 fully saturated rings. The Morgan fingerprint density at radius 3 is 2.44 bits per heavy atom. The lowest BCUT2D eigenvalue weighted by Crippen LogP contribution is -2.22. The van der Waals surface area contributed by atoms with E-state index in [1.165, 1.54) is 10.4 Å². The van der Waals surface area contributed by atoms with Crippen molar-refractivity contribution in [3.05, 3.63) is 51.2 Å². The van der Waals surface area contributed by atoms with E-state index in [0.29, 0.717) is 6.54 Å². The molecule has 0 aliphatic rings. The molecule has 2 N–H and O–H groups in total. The number of hydrogen-bond donors (Lipinski definition) is 2. The average Bonchev–Trinajstić information content (AvgIpc) is 2.95. The van der Waals surface area contributed by atoms with Crippen molar-refractivity contribution in [2.75, 3.05) is 5.32 Å². The van der Waals surface area contributed by atoms with Crippen LogP contribution in [0.2, 0.25) is 0 Å². The van der Waals surface area contributed by atoms with Crippen LogP contribution in [0.3, 0.4) is 0 Å². The van der Waals surface area contributed by atoms with Gasteiger partial charge in [0.1, 0.15) is 0 Å². The smallest absolute Gasteiger partial charge is 0.261 e. The van der Waals surface area contributed by atoms with Crippen LogP contribution >= 0.6 is 11.3 Å². The Morgan fingerprint density at radius 1 is 1.16 bits per heavy atom. The normalized spacial score (nSPS) is 10.8. The highest BCUT2D eigenvalue weighted by atomic mass is 32.1. The Labute approximate surface area is 153 Å². The molecule has 1 aromatic heterocycles. The standard InChI is InChI=1S/C20H26N2O2S/c1-5-6-16-11-18(25-14(16)4)20(24)21-12-15-7-9-17(10-8-15)22-19(23)13(2)3/h7-11,13H,5-6,12H2,1-4H3,(H,21,24)(H,22,23). The van der Waals surface area contributed by atoms with Crippen LogP contribution in [0.5, 0.6) is 0 Å². The number of benzene rings is 1. The number of nitrogens with one attached hydrogen (secondary N) is 2. The summed E-state index contributed by atoms with van der Waals surface area (Å²) in [5.74, 6) is -0.0875. The zero-order valence-corrected chi connectivity index (χ0v) is 16.1. The molecule has 5 heteroatoms. The predicted molar refractivity (Wildman–Crippen MR) is 104 cm³/mol. The van der Waals surface area contributed by atoms with E-state index in [-0.39, 0.29) is 17.7 Å². The van der Waals surface area contributed by atoms with E-state index in [1.54, 1.807) is 11.3 Å². The summed E-state index contributed by atoms with van der Waals surface area (Å²) < 4.78 is 0. The summed E-state index contributed by atoms with van der Waals surface area (Å²) in [4.78, 5) is 26.0. The van der Waals surface area contributed by atoms with Gasteiger partial charge in [-0.15, -0.1) is 11.3 Å². The quantitative estimate of drug-likeness (QED) is 0.764. The SMILES string of the molecule is CCCc1cc(C(=O)NCc2ccc(NC(=O)C(C)C)cc2)sc1C. The number of anilines is 1. The van der Waals surface area contributed by atoms with E-state index in [2.05, 4.69) is 24.5 Å². The van der Waals surface area contributed by atoms with Crippen molar-refractivity contribution in [1.29, 1.82) is 0 Å². The third-order valence-corrected chi connectivity index (χ3v) is 5.05. The van der Waals surface area contributed by atoms with E-state index in [0.717, 1.165) is 29.0 Å². The molecule has 0 bridgehead atoms. The Hall–Kier alpha value is -2.14. The topological polar surface area (TPSA) is 58.2 Å². The van der Waals surface area contributed by atoms with Crippen molar-refractivity contribution in [3.63, 3.8) is 0 Å². The number of amides is 2. The molecule has 134 valence electrons. The molecule has 1 aromatic carbocycles. The lowest BCUT2D eigenvalue weighted by Gasteiger charge is -2.09. The van der Waals surface area contributed by atoms with Crippen LogP contribution in [0.25, 0.3) is 0 Å². The molecule has 0 unspecified atom stereocenters. The average molecular weight is 359 g/mol. The first-order valence-electron chi connectivity index (χ1n) is 8.68. The summed E-state index contributed by atoms with van der Waals surface area (Å²) in [5.41, 5.74) is 3.03. The van der Waals surface area contributed by atoms with E-state index in [9.17, 15) is 9.59 Å². The summed E-state index contributed by atoms with van der Waals surface area (Å²) in [5, 5.41) is 5.82. The van der Waals surface area contributed by atoms with E-state index in [4.69, 9.17) is 0 Å². The summed E-state index contributed by atoms with van der Waals surface area (Å²) in [6.45, 7) is 8.40. The van der Waals surface area contributed by atoms with Crippen molar-refractivity contribution in [2.24, 2.45) is 5.92 Å². The highest BCUT2D eigenvalue weighted by molar-refractivity contribution is 7.14. The number of hydrogen-bond acceptors (Lipinski definition) is 3. The molecule has 1 heterocycles. The maximum absolute atomic E-state index is 12.3. The molecule has 2 aromatic rings. The molecule has 0 spiro atoms. The number of rotatable bonds is 7. The van der Waals surface area contributed by atoms with Crippen LogP contribution in [-0.2, 0) is 17.8 Å². The number of aryl methyl sites for hydroxylation is 2. The van der Waals surface area contributed by atoms with Gasteiger partial charge in [0.25, 0.3) is 5.91 Å². The minimum Gasteiger partial charge on any atom is -0.347 e. The van der Waals surface area contributed by atoms with Gasteiger partial charge < -0.3 is 10.6 Å². The minimum absolute atomic E-state index is 0.00278. The number of carbonyl (C=O) groups excluding carboxylic acids is 2. The van der Waals surface area contributed by atoms with Crippen molar-refractivity contribution in [3.8, 4) is 0 Å². The minimum atomic E-state index is -0.0502. The Bertz CT molecular complexity index is 733. The van der Waals surface area contributed by atoms with Crippen molar-refractivity contribution < 1.29 is 9.59 Å². The molecule has 2 amide bonds. The van der Waals surface area contributed by atoms with Gasteiger partial charge in [-0.1, -0.05) is 39.3 Å². The van der Waals surface area contributed by atoms with Gasteiger partial charge in [0.15, 0.2) is 0 Å². The maximum Gasteiger partial charge on any atom is 0.261 e. The fourth-order valence-corrected chi connectivity index (χ4v) is 3.40. The largest absolute Gasteiger partial charge is 0.347 e. The predicted octanol–water partition coefficient (Wildman–Crippen LogP) is 4.53. The first kappa shape index (κ1) is 19.2. The molecule has 25 heavy (non-hydrogen) atoms. The van der Waals surface area contributed by atoms with Crippen LogP contribution in [-0.4, -0.2) is 11.8 Å². The highest BCUT2D eigenvalue weighted by Gasteiger charge is 2.12. The molecule has 0 radical (unpaired) electrons. The Balaban J connectivity index is 1.91.